The van der Waals surface area contributed by atoms with Gasteiger partial charge in [0.05, 0.1) is 0 Å². The number of hydrogen-bond acceptors (Lipinski definition) is 4. The normalized spacial score (nSPS) is 19.7. The van der Waals surface area contributed by atoms with E-state index >= 15 is 0 Å². The van der Waals surface area contributed by atoms with Crippen LogP contribution in [0.4, 0.5) is 17.1 Å². The first-order valence-corrected chi connectivity index (χ1v) is 10.2. The van der Waals surface area contributed by atoms with Crippen molar-refractivity contribution in [2.45, 2.75) is 32.8 Å². The fourth-order valence-corrected chi connectivity index (χ4v) is 4.05. The van der Waals surface area contributed by atoms with Crippen LogP contribution in [0.1, 0.15) is 24.0 Å². The fourth-order valence-electron chi connectivity index (χ4n) is 4.05. The van der Waals surface area contributed by atoms with Crippen molar-refractivity contribution in [3.8, 4) is 0 Å². The van der Waals surface area contributed by atoms with E-state index < -0.39 is 0 Å². The number of amides is 1. The van der Waals surface area contributed by atoms with Gasteiger partial charge in [0.2, 0.25) is 0 Å². The van der Waals surface area contributed by atoms with Crippen LogP contribution in [0.5, 0.6) is 0 Å². The maximum absolute atomic E-state index is 12.2. The standard InChI is InChI=1S/C23H29N3O2/c1-17-5-3-6-21(18(17)2)26-14-12-25(13-15-26)20-10-8-19(9-11-20)24-23(27)22-7-4-16-28-22/h3,5-6,8-11,22H,4,7,12-16H2,1-2H3,(H,24,27). The van der Waals surface area contributed by atoms with Crippen LogP contribution >= 0.6 is 0 Å². The number of nitrogens with one attached hydrogen (secondary N) is 1. The van der Waals surface area contributed by atoms with Crippen molar-refractivity contribution in [3.63, 3.8) is 0 Å². The van der Waals surface area contributed by atoms with Crippen molar-refractivity contribution in [2.24, 2.45) is 0 Å². The first kappa shape index (κ1) is 18.8. The quantitative estimate of drug-likeness (QED) is 0.879. The van der Waals surface area contributed by atoms with Crippen molar-refractivity contribution in [1.29, 1.82) is 0 Å². The zero-order chi connectivity index (χ0) is 19.5. The third-order valence-corrected chi connectivity index (χ3v) is 5.92. The number of carbonyl (C=O) groups excluding carboxylic acids is 1. The van der Waals surface area contributed by atoms with E-state index in [2.05, 4.69) is 59.3 Å². The van der Waals surface area contributed by atoms with E-state index in [-0.39, 0.29) is 12.0 Å². The molecule has 148 valence electrons. The third kappa shape index (κ3) is 3.99. The summed E-state index contributed by atoms with van der Waals surface area (Å²) in [6.07, 6.45) is 1.48. The topological polar surface area (TPSA) is 44.8 Å². The predicted octanol–water partition coefficient (Wildman–Crippen LogP) is 3.75. The molecule has 0 bridgehead atoms. The minimum absolute atomic E-state index is 0.0348. The number of ether oxygens (including phenoxy) is 1. The van der Waals surface area contributed by atoms with Gasteiger partial charge >= 0.3 is 0 Å². The molecule has 0 aromatic heterocycles. The van der Waals surface area contributed by atoms with Gasteiger partial charge in [-0.25, -0.2) is 0 Å². The van der Waals surface area contributed by atoms with E-state index in [1.54, 1.807) is 0 Å². The molecule has 2 aromatic rings. The monoisotopic (exact) mass is 379 g/mol. The highest BCUT2D eigenvalue weighted by Crippen LogP contribution is 2.26. The Balaban J connectivity index is 1.34. The first-order chi connectivity index (χ1) is 13.6. The van der Waals surface area contributed by atoms with Gasteiger partial charge in [-0.1, -0.05) is 12.1 Å². The molecule has 0 aliphatic carbocycles. The van der Waals surface area contributed by atoms with Crippen LogP contribution < -0.4 is 15.1 Å². The zero-order valence-corrected chi connectivity index (χ0v) is 16.8. The van der Waals surface area contributed by atoms with E-state index in [1.165, 1.54) is 22.5 Å². The average Bonchev–Trinajstić information content (AvgIpc) is 3.26. The second-order valence-electron chi connectivity index (χ2n) is 7.73. The number of piperazine rings is 1. The molecule has 1 N–H and O–H groups in total. The minimum Gasteiger partial charge on any atom is -0.368 e. The van der Waals surface area contributed by atoms with Gasteiger partial charge in [-0.15, -0.1) is 0 Å². The number of benzene rings is 2. The highest BCUT2D eigenvalue weighted by Gasteiger charge is 2.24. The Hall–Kier alpha value is -2.53. The Labute approximate surface area is 167 Å². The maximum atomic E-state index is 12.2. The number of aryl methyl sites for hydroxylation is 1. The van der Waals surface area contributed by atoms with Gasteiger partial charge in [-0.3, -0.25) is 4.79 Å². The molecular formula is C23H29N3O2. The summed E-state index contributed by atoms with van der Waals surface area (Å²) in [6.45, 7) is 9.09. The second-order valence-corrected chi connectivity index (χ2v) is 7.73. The third-order valence-electron chi connectivity index (χ3n) is 5.92. The largest absolute Gasteiger partial charge is 0.368 e. The summed E-state index contributed by atoms with van der Waals surface area (Å²) in [7, 11) is 0. The molecular weight excluding hydrogens is 350 g/mol. The van der Waals surface area contributed by atoms with Crippen molar-refractivity contribution < 1.29 is 9.53 Å². The minimum atomic E-state index is -0.294. The lowest BCUT2D eigenvalue weighted by molar-refractivity contribution is -0.124. The number of hydrogen-bond donors (Lipinski definition) is 1. The van der Waals surface area contributed by atoms with Gasteiger partial charge in [-0.05, 0) is 68.1 Å². The highest BCUT2D eigenvalue weighted by atomic mass is 16.5. The molecule has 4 rings (SSSR count). The summed E-state index contributed by atoms with van der Waals surface area (Å²) in [5.41, 5.74) is 6.11. The molecule has 0 spiro atoms. The van der Waals surface area contributed by atoms with E-state index in [9.17, 15) is 4.79 Å². The zero-order valence-electron chi connectivity index (χ0n) is 16.8. The lowest BCUT2D eigenvalue weighted by atomic mass is 10.1. The molecule has 28 heavy (non-hydrogen) atoms. The van der Waals surface area contributed by atoms with E-state index in [4.69, 9.17) is 4.74 Å². The summed E-state index contributed by atoms with van der Waals surface area (Å²) in [5.74, 6) is -0.0348. The summed E-state index contributed by atoms with van der Waals surface area (Å²) in [6, 6.07) is 14.7. The Bertz CT molecular complexity index is 820. The van der Waals surface area contributed by atoms with Crippen LogP contribution in [0.25, 0.3) is 0 Å². The molecule has 2 aliphatic heterocycles. The predicted molar refractivity (Wildman–Crippen MR) is 114 cm³/mol. The SMILES string of the molecule is Cc1cccc(N2CCN(c3ccc(NC(=O)C4CCCO4)cc3)CC2)c1C. The summed E-state index contributed by atoms with van der Waals surface area (Å²) < 4.78 is 5.44. The molecule has 1 atom stereocenters. The molecule has 2 aromatic carbocycles. The molecule has 5 heteroatoms. The van der Waals surface area contributed by atoms with Gasteiger partial charge in [0.25, 0.3) is 5.91 Å². The second kappa shape index (κ2) is 8.23. The summed E-state index contributed by atoms with van der Waals surface area (Å²) in [5, 5.41) is 2.96. The van der Waals surface area contributed by atoms with Crippen LogP contribution in [-0.2, 0) is 9.53 Å². The smallest absolute Gasteiger partial charge is 0.253 e. The van der Waals surface area contributed by atoms with Crippen LogP contribution in [0.15, 0.2) is 42.5 Å². The van der Waals surface area contributed by atoms with Crippen molar-refractivity contribution >= 4 is 23.0 Å². The van der Waals surface area contributed by atoms with Gasteiger partial charge in [0.1, 0.15) is 6.10 Å². The number of carbonyl (C=O) groups is 1. The van der Waals surface area contributed by atoms with Gasteiger partial charge in [0.15, 0.2) is 0 Å². The lowest BCUT2D eigenvalue weighted by Crippen LogP contribution is -2.46. The molecule has 0 saturated carbocycles. The molecule has 2 heterocycles. The molecule has 2 fully saturated rings. The van der Waals surface area contributed by atoms with Gasteiger partial charge in [0, 0.05) is 49.8 Å². The average molecular weight is 380 g/mol. The lowest BCUT2D eigenvalue weighted by Gasteiger charge is -2.38. The van der Waals surface area contributed by atoms with Crippen LogP contribution in [0.3, 0.4) is 0 Å². The highest BCUT2D eigenvalue weighted by molar-refractivity contribution is 5.94. The van der Waals surface area contributed by atoms with E-state index in [0.29, 0.717) is 6.61 Å². The van der Waals surface area contributed by atoms with Gasteiger partial charge < -0.3 is 19.9 Å². The van der Waals surface area contributed by atoms with E-state index in [0.717, 1.165) is 44.7 Å². The molecule has 0 radical (unpaired) electrons. The molecule has 2 saturated heterocycles. The summed E-state index contributed by atoms with van der Waals surface area (Å²) >= 11 is 0. The molecule has 1 amide bonds. The van der Waals surface area contributed by atoms with Crippen LogP contribution in [0, 0.1) is 13.8 Å². The van der Waals surface area contributed by atoms with Crippen molar-refractivity contribution in [2.75, 3.05) is 47.9 Å². The Kier molecular flexibility index (Phi) is 5.53. The Morgan fingerprint density at radius 2 is 1.71 bits per heavy atom. The number of nitrogens with zero attached hydrogens (tertiary/aromatic N) is 2. The van der Waals surface area contributed by atoms with Crippen LogP contribution in [0.2, 0.25) is 0 Å². The maximum Gasteiger partial charge on any atom is 0.253 e. The number of anilines is 3. The molecule has 1 unspecified atom stereocenters. The summed E-state index contributed by atoms with van der Waals surface area (Å²) in [4.78, 5) is 17.1. The first-order valence-electron chi connectivity index (χ1n) is 10.2. The number of rotatable bonds is 4. The van der Waals surface area contributed by atoms with Crippen LogP contribution in [-0.4, -0.2) is 44.8 Å². The Morgan fingerprint density at radius 1 is 1.00 bits per heavy atom. The Morgan fingerprint density at radius 3 is 2.39 bits per heavy atom. The van der Waals surface area contributed by atoms with Crippen molar-refractivity contribution in [3.05, 3.63) is 53.6 Å². The van der Waals surface area contributed by atoms with Gasteiger partial charge in [-0.2, -0.15) is 0 Å². The van der Waals surface area contributed by atoms with E-state index in [1.807, 2.05) is 12.1 Å². The molecule has 2 aliphatic rings. The van der Waals surface area contributed by atoms with Crippen molar-refractivity contribution in [1.82, 2.24) is 0 Å². The molecule has 5 nitrogen and oxygen atoms in total. The fraction of sp³-hybridized carbons (Fsp3) is 0.435.